The van der Waals surface area contributed by atoms with Crippen molar-refractivity contribution in [3.8, 4) is 17.2 Å². The van der Waals surface area contributed by atoms with Gasteiger partial charge in [-0.05, 0) is 60.5 Å². The number of para-hydroxylation sites is 1. The van der Waals surface area contributed by atoms with Crippen molar-refractivity contribution in [1.82, 2.24) is 5.32 Å². The molecule has 0 aliphatic rings. The van der Waals surface area contributed by atoms with Crippen LogP contribution < -0.4 is 30.6 Å². The number of anilines is 1. The van der Waals surface area contributed by atoms with Crippen LogP contribution in [0.5, 0.6) is 17.2 Å². The number of rotatable bonds is 12. The van der Waals surface area contributed by atoms with Gasteiger partial charge >= 0.3 is 6.03 Å². The second-order valence-corrected chi connectivity index (χ2v) is 7.39. The van der Waals surface area contributed by atoms with Crippen LogP contribution in [0.15, 0.2) is 78.9 Å². The molecule has 3 amide bonds. The molecule has 0 aliphatic heterocycles. The summed E-state index contributed by atoms with van der Waals surface area (Å²) < 4.78 is 17.2. The maximum Gasteiger partial charge on any atom is 0.316 e. The monoisotopic (exact) mass is 475 g/mol. The first kappa shape index (κ1) is 25.2. The molecule has 4 N–H and O–H groups in total. The van der Waals surface area contributed by atoms with E-state index in [9.17, 15) is 9.59 Å². The highest BCUT2D eigenvalue weighted by atomic mass is 16.5. The van der Waals surface area contributed by atoms with Gasteiger partial charge in [-0.2, -0.15) is 0 Å². The van der Waals surface area contributed by atoms with Gasteiger partial charge in [-0.25, -0.2) is 4.79 Å². The minimum absolute atomic E-state index is 0.235. The number of benzene rings is 3. The summed E-state index contributed by atoms with van der Waals surface area (Å²) in [4.78, 5) is 23.1. The van der Waals surface area contributed by atoms with Crippen LogP contribution in [-0.2, 0) is 11.3 Å². The number of nitrogens with one attached hydrogen (secondary N) is 2. The molecule has 0 spiro atoms. The van der Waals surface area contributed by atoms with E-state index in [4.69, 9.17) is 19.9 Å². The van der Waals surface area contributed by atoms with Gasteiger partial charge in [0, 0.05) is 18.3 Å². The van der Waals surface area contributed by atoms with E-state index < -0.39 is 6.03 Å². The molecule has 0 heterocycles. The molecule has 35 heavy (non-hydrogen) atoms. The van der Waals surface area contributed by atoms with Crippen LogP contribution >= 0.6 is 0 Å². The van der Waals surface area contributed by atoms with Crippen LogP contribution in [0.25, 0.3) is 6.08 Å². The zero-order chi connectivity index (χ0) is 24.9. The van der Waals surface area contributed by atoms with Crippen LogP contribution in [-0.4, -0.2) is 31.8 Å². The van der Waals surface area contributed by atoms with E-state index in [0.29, 0.717) is 43.6 Å². The SMILES string of the molecule is CCOc1cc(/C=C/C(=O)NCc2ccc(NC(N)=O)cc2)ccc1OCCOc1ccccc1. The minimum atomic E-state index is -0.625. The third-order valence-electron chi connectivity index (χ3n) is 4.74. The fourth-order valence-electron chi connectivity index (χ4n) is 3.11. The van der Waals surface area contributed by atoms with Crippen molar-refractivity contribution >= 4 is 23.7 Å². The van der Waals surface area contributed by atoms with Crippen LogP contribution in [0.3, 0.4) is 0 Å². The van der Waals surface area contributed by atoms with E-state index in [1.807, 2.05) is 55.5 Å². The molecule has 0 radical (unpaired) electrons. The summed E-state index contributed by atoms with van der Waals surface area (Å²) in [5, 5.41) is 5.31. The molecule has 0 bridgehead atoms. The highest BCUT2D eigenvalue weighted by Gasteiger charge is 2.07. The molecule has 8 heteroatoms. The van der Waals surface area contributed by atoms with Crippen molar-refractivity contribution in [2.75, 3.05) is 25.1 Å². The summed E-state index contributed by atoms with van der Waals surface area (Å²) >= 11 is 0. The number of hydrogen-bond acceptors (Lipinski definition) is 5. The first-order valence-corrected chi connectivity index (χ1v) is 11.2. The third-order valence-corrected chi connectivity index (χ3v) is 4.74. The number of urea groups is 1. The number of primary amides is 1. The van der Waals surface area contributed by atoms with Gasteiger partial charge < -0.3 is 30.6 Å². The number of amides is 3. The molecule has 0 atom stereocenters. The molecule has 0 saturated carbocycles. The average Bonchev–Trinajstić information content (AvgIpc) is 2.86. The topological polar surface area (TPSA) is 112 Å². The number of nitrogens with two attached hydrogens (primary N) is 1. The van der Waals surface area contributed by atoms with E-state index >= 15 is 0 Å². The average molecular weight is 476 g/mol. The second kappa shape index (κ2) is 13.3. The molecule has 0 aliphatic carbocycles. The van der Waals surface area contributed by atoms with Crippen LogP contribution in [0, 0.1) is 0 Å². The fraction of sp³-hybridized carbons (Fsp3) is 0.185. The largest absolute Gasteiger partial charge is 0.490 e. The molecule has 3 aromatic carbocycles. The second-order valence-electron chi connectivity index (χ2n) is 7.39. The summed E-state index contributed by atoms with van der Waals surface area (Å²) in [5.74, 6) is 1.76. The first-order valence-electron chi connectivity index (χ1n) is 11.2. The van der Waals surface area contributed by atoms with Gasteiger partial charge in [0.05, 0.1) is 6.61 Å². The van der Waals surface area contributed by atoms with Crippen LogP contribution in [0.4, 0.5) is 10.5 Å². The molecule has 0 aromatic heterocycles. The van der Waals surface area contributed by atoms with Gasteiger partial charge in [0.1, 0.15) is 19.0 Å². The maximum atomic E-state index is 12.2. The highest BCUT2D eigenvalue weighted by Crippen LogP contribution is 2.29. The number of carbonyl (C=O) groups is 2. The summed E-state index contributed by atoms with van der Waals surface area (Å²) in [5.41, 5.74) is 7.37. The van der Waals surface area contributed by atoms with Crippen molar-refractivity contribution in [1.29, 1.82) is 0 Å². The Hall–Kier alpha value is -4.46. The quantitative estimate of drug-likeness (QED) is 0.266. The van der Waals surface area contributed by atoms with Gasteiger partial charge in [0.15, 0.2) is 11.5 Å². The Morgan fingerprint density at radius 3 is 2.34 bits per heavy atom. The fourth-order valence-corrected chi connectivity index (χ4v) is 3.11. The Balaban J connectivity index is 1.50. The molecule has 0 fully saturated rings. The molecule has 182 valence electrons. The zero-order valence-electron chi connectivity index (χ0n) is 19.5. The van der Waals surface area contributed by atoms with Crippen molar-refractivity contribution < 1.29 is 23.8 Å². The Bertz CT molecular complexity index is 1130. The van der Waals surface area contributed by atoms with Gasteiger partial charge in [0.2, 0.25) is 5.91 Å². The standard InChI is InChI=1S/C27H29N3O5/c1-2-33-25-18-20(10-14-24(25)35-17-16-34-23-6-4-3-5-7-23)11-15-26(31)29-19-21-8-12-22(13-9-21)30-27(28)32/h3-15,18H,2,16-17,19H2,1H3,(H,29,31)(H3,28,30,32)/b15-11+. The van der Waals surface area contributed by atoms with E-state index in [0.717, 1.165) is 16.9 Å². The minimum Gasteiger partial charge on any atom is -0.490 e. The lowest BCUT2D eigenvalue weighted by Gasteiger charge is -2.13. The van der Waals surface area contributed by atoms with Crippen molar-refractivity contribution in [3.63, 3.8) is 0 Å². The zero-order valence-corrected chi connectivity index (χ0v) is 19.5. The van der Waals surface area contributed by atoms with Crippen molar-refractivity contribution in [2.45, 2.75) is 13.5 Å². The Kier molecular flexibility index (Phi) is 9.56. The molecule has 3 rings (SSSR count). The van der Waals surface area contributed by atoms with Gasteiger partial charge in [0.25, 0.3) is 0 Å². The van der Waals surface area contributed by atoms with Gasteiger partial charge in [-0.3, -0.25) is 4.79 Å². The number of hydrogen-bond donors (Lipinski definition) is 3. The Morgan fingerprint density at radius 2 is 1.63 bits per heavy atom. The van der Waals surface area contributed by atoms with Crippen LogP contribution in [0.1, 0.15) is 18.1 Å². The van der Waals surface area contributed by atoms with Crippen molar-refractivity contribution in [3.05, 3.63) is 90.0 Å². The molecule has 8 nitrogen and oxygen atoms in total. The molecule has 3 aromatic rings. The lowest BCUT2D eigenvalue weighted by atomic mass is 10.2. The predicted octanol–water partition coefficient (Wildman–Crippen LogP) is 4.36. The van der Waals surface area contributed by atoms with E-state index in [1.54, 1.807) is 30.3 Å². The number of ether oxygens (including phenoxy) is 3. The van der Waals surface area contributed by atoms with Crippen LogP contribution in [0.2, 0.25) is 0 Å². The summed E-state index contributed by atoms with van der Waals surface area (Å²) in [7, 11) is 0. The number of carbonyl (C=O) groups excluding carboxylic acids is 2. The van der Waals surface area contributed by atoms with E-state index in [-0.39, 0.29) is 5.91 Å². The molecule has 0 saturated heterocycles. The summed E-state index contributed by atoms with van der Waals surface area (Å²) in [6, 6.07) is 21.4. The van der Waals surface area contributed by atoms with E-state index in [2.05, 4.69) is 10.6 Å². The maximum absolute atomic E-state index is 12.2. The van der Waals surface area contributed by atoms with E-state index in [1.165, 1.54) is 6.08 Å². The lowest BCUT2D eigenvalue weighted by Crippen LogP contribution is -2.20. The molecule has 0 unspecified atom stereocenters. The summed E-state index contributed by atoms with van der Waals surface area (Å²) in [6.07, 6.45) is 3.17. The Morgan fingerprint density at radius 1 is 0.886 bits per heavy atom. The predicted molar refractivity (Wildman–Crippen MR) is 136 cm³/mol. The third kappa shape index (κ3) is 8.77. The molecular weight excluding hydrogens is 446 g/mol. The summed E-state index contributed by atoms with van der Waals surface area (Å²) in [6.45, 7) is 3.50. The van der Waals surface area contributed by atoms with Gasteiger partial charge in [-0.15, -0.1) is 0 Å². The van der Waals surface area contributed by atoms with Crippen molar-refractivity contribution in [2.24, 2.45) is 5.73 Å². The molecular formula is C27H29N3O5. The lowest BCUT2D eigenvalue weighted by molar-refractivity contribution is -0.116. The van der Waals surface area contributed by atoms with Gasteiger partial charge in [-0.1, -0.05) is 36.4 Å². The highest BCUT2D eigenvalue weighted by molar-refractivity contribution is 5.91. The normalized spacial score (nSPS) is 10.5. The Labute approximate surface area is 204 Å². The smallest absolute Gasteiger partial charge is 0.316 e. The first-order chi connectivity index (χ1) is 17.0.